The second-order valence-corrected chi connectivity index (χ2v) is 3.96. The van der Waals surface area contributed by atoms with Crippen LogP contribution in [0.4, 0.5) is 0 Å². The topological polar surface area (TPSA) is 56.9 Å². The van der Waals surface area contributed by atoms with Crippen LogP contribution in [0.15, 0.2) is 21.9 Å². The zero-order chi connectivity index (χ0) is 12.6. The Balaban J connectivity index is 3.06. The molecule has 0 N–H and O–H groups in total. The summed E-state index contributed by atoms with van der Waals surface area (Å²) in [4.78, 5) is 28.3. The molecule has 0 spiro atoms. The Bertz CT molecular complexity index is 682. The number of hydrogen-bond donors (Lipinski definition) is 0. The van der Waals surface area contributed by atoms with Gasteiger partial charge in [-0.05, 0) is 32.4 Å². The van der Waals surface area contributed by atoms with Gasteiger partial charge in [-0.3, -0.25) is 13.9 Å². The van der Waals surface area contributed by atoms with Crippen molar-refractivity contribution in [2.75, 3.05) is 0 Å². The Hall–Kier alpha value is -1.91. The van der Waals surface area contributed by atoms with E-state index < -0.39 is 0 Å². The highest BCUT2D eigenvalue weighted by atomic mass is 16.2. The molecule has 2 heterocycles. The summed E-state index contributed by atoms with van der Waals surface area (Å²) in [7, 11) is 0. The van der Waals surface area contributed by atoms with Gasteiger partial charge in [-0.1, -0.05) is 0 Å². The van der Waals surface area contributed by atoms with Crippen LogP contribution in [-0.4, -0.2) is 14.1 Å². The molecule has 0 amide bonds. The van der Waals surface area contributed by atoms with Crippen LogP contribution in [0.25, 0.3) is 11.0 Å². The number of fused-ring (bicyclic) bond motifs is 1. The van der Waals surface area contributed by atoms with Crippen LogP contribution >= 0.6 is 0 Å². The van der Waals surface area contributed by atoms with Gasteiger partial charge in [-0.2, -0.15) is 0 Å². The van der Waals surface area contributed by atoms with Crippen molar-refractivity contribution in [1.29, 1.82) is 0 Å². The van der Waals surface area contributed by atoms with Gasteiger partial charge in [0.15, 0.2) is 0 Å². The minimum absolute atomic E-state index is 0.256. The van der Waals surface area contributed by atoms with Gasteiger partial charge < -0.3 is 0 Å². The first kappa shape index (κ1) is 11.6. The van der Waals surface area contributed by atoms with E-state index in [2.05, 4.69) is 4.98 Å². The lowest BCUT2D eigenvalue weighted by Gasteiger charge is -2.10. The first-order valence-electron chi connectivity index (χ1n) is 5.70. The number of pyridine rings is 1. The van der Waals surface area contributed by atoms with Gasteiger partial charge in [0.2, 0.25) is 0 Å². The highest BCUT2D eigenvalue weighted by molar-refractivity contribution is 5.74. The summed E-state index contributed by atoms with van der Waals surface area (Å²) >= 11 is 0. The van der Waals surface area contributed by atoms with E-state index in [1.807, 2.05) is 13.8 Å². The molecule has 0 aliphatic carbocycles. The molecule has 0 bridgehead atoms. The number of hydrogen-bond acceptors (Lipinski definition) is 3. The molecule has 0 atom stereocenters. The minimum atomic E-state index is -0.288. The van der Waals surface area contributed by atoms with E-state index in [4.69, 9.17) is 0 Å². The average molecular weight is 233 g/mol. The Morgan fingerprint density at radius 3 is 2.41 bits per heavy atom. The van der Waals surface area contributed by atoms with Gasteiger partial charge in [0.05, 0.1) is 5.39 Å². The molecule has 2 aromatic heterocycles. The lowest BCUT2D eigenvalue weighted by atomic mass is 10.2. The zero-order valence-electron chi connectivity index (χ0n) is 10.2. The van der Waals surface area contributed by atoms with E-state index in [1.165, 1.54) is 9.13 Å². The van der Waals surface area contributed by atoms with Crippen molar-refractivity contribution < 1.29 is 0 Å². The zero-order valence-corrected chi connectivity index (χ0v) is 10.2. The molecule has 0 aliphatic heterocycles. The van der Waals surface area contributed by atoms with Crippen molar-refractivity contribution in [3.63, 3.8) is 0 Å². The third-order valence-electron chi connectivity index (χ3n) is 2.83. The van der Waals surface area contributed by atoms with Crippen LogP contribution < -0.4 is 11.2 Å². The van der Waals surface area contributed by atoms with E-state index in [9.17, 15) is 9.59 Å². The minimum Gasteiger partial charge on any atom is -0.278 e. The average Bonchev–Trinajstić information content (AvgIpc) is 2.31. The fourth-order valence-corrected chi connectivity index (χ4v) is 1.97. The third kappa shape index (κ3) is 1.67. The highest BCUT2D eigenvalue weighted by Crippen LogP contribution is 2.06. The fraction of sp³-hybridized carbons (Fsp3) is 0.417. The molecule has 90 valence electrons. The van der Waals surface area contributed by atoms with Gasteiger partial charge in [0, 0.05) is 19.3 Å². The summed E-state index contributed by atoms with van der Waals surface area (Å²) in [5.74, 6) is 0. The number of aryl methyl sites for hydroxylation is 2. The number of nitrogens with zero attached hydrogens (tertiary/aromatic N) is 3. The Kier molecular flexibility index (Phi) is 2.83. The second kappa shape index (κ2) is 4.16. The molecule has 0 radical (unpaired) electrons. The maximum atomic E-state index is 12.1. The van der Waals surface area contributed by atoms with Crippen molar-refractivity contribution in [2.45, 2.75) is 33.9 Å². The molecule has 5 nitrogen and oxygen atoms in total. The van der Waals surface area contributed by atoms with Crippen LogP contribution in [0.1, 0.15) is 19.4 Å². The largest absolute Gasteiger partial charge is 0.332 e. The molecule has 2 rings (SSSR count). The molecular formula is C12H15N3O2. The van der Waals surface area contributed by atoms with E-state index in [0.717, 1.165) is 5.56 Å². The predicted molar refractivity (Wildman–Crippen MR) is 66.3 cm³/mol. The predicted octanol–water partition coefficient (Wildman–Crippen LogP) is 0.906. The summed E-state index contributed by atoms with van der Waals surface area (Å²) in [5.41, 5.74) is 0.841. The fourth-order valence-electron chi connectivity index (χ4n) is 1.97. The molecule has 0 saturated heterocycles. The van der Waals surface area contributed by atoms with Crippen molar-refractivity contribution in [3.8, 4) is 0 Å². The van der Waals surface area contributed by atoms with E-state index in [-0.39, 0.29) is 11.2 Å². The summed E-state index contributed by atoms with van der Waals surface area (Å²) < 4.78 is 2.77. The third-order valence-corrected chi connectivity index (χ3v) is 2.83. The van der Waals surface area contributed by atoms with Crippen molar-refractivity contribution >= 4 is 11.0 Å². The van der Waals surface area contributed by atoms with Crippen LogP contribution in [0, 0.1) is 6.92 Å². The Morgan fingerprint density at radius 2 is 1.82 bits per heavy atom. The SMILES string of the molecule is CCn1c(=O)c2cc(C)cnc2n(CC)c1=O. The maximum absolute atomic E-state index is 12.1. The van der Waals surface area contributed by atoms with Crippen molar-refractivity contribution in [1.82, 2.24) is 14.1 Å². The van der Waals surface area contributed by atoms with Crippen LogP contribution in [0.2, 0.25) is 0 Å². The molecule has 2 aromatic rings. The molecule has 0 unspecified atom stereocenters. The van der Waals surface area contributed by atoms with Crippen LogP contribution in [0.3, 0.4) is 0 Å². The van der Waals surface area contributed by atoms with E-state index in [1.54, 1.807) is 19.2 Å². The van der Waals surface area contributed by atoms with Crippen LogP contribution in [-0.2, 0) is 13.1 Å². The summed E-state index contributed by atoms with van der Waals surface area (Å²) in [6.45, 7) is 6.42. The molecule has 0 saturated carbocycles. The van der Waals surface area contributed by atoms with E-state index >= 15 is 0 Å². The van der Waals surface area contributed by atoms with E-state index in [0.29, 0.717) is 24.1 Å². The summed E-state index contributed by atoms with van der Waals surface area (Å²) in [6.07, 6.45) is 1.67. The molecule has 17 heavy (non-hydrogen) atoms. The first-order chi connectivity index (χ1) is 8.10. The second-order valence-electron chi connectivity index (χ2n) is 3.96. The lowest BCUT2D eigenvalue weighted by Crippen LogP contribution is -2.39. The molecule has 0 aliphatic rings. The van der Waals surface area contributed by atoms with Crippen LogP contribution in [0.5, 0.6) is 0 Å². The van der Waals surface area contributed by atoms with Gasteiger partial charge in [-0.15, -0.1) is 0 Å². The van der Waals surface area contributed by atoms with Crippen molar-refractivity contribution in [2.24, 2.45) is 0 Å². The molecular weight excluding hydrogens is 218 g/mol. The maximum Gasteiger partial charge on any atom is 0.332 e. The monoisotopic (exact) mass is 233 g/mol. The molecule has 5 heteroatoms. The number of rotatable bonds is 2. The standard InChI is InChI=1S/C12H15N3O2/c1-4-14-10-9(6-8(3)7-13-10)11(16)15(5-2)12(14)17/h6-7H,4-5H2,1-3H3. The van der Waals surface area contributed by atoms with Gasteiger partial charge in [0.1, 0.15) is 5.65 Å². The summed E-state index contributed by atoms with van der Waals surface area (Å²) in [6, 6.07) is 1.78. The van der Waals surface area contributed by atoms with Gasteiger partial charge in [-0.25, -0.2) is 9.78 Å². The summed E-state index contributed by atoms with van der Waals surface area (Å²) in [5, 5.41) is 0.508. The van der Waals surface area contributed by atoms with Gasteiger partial charge >= 0.3 is 5.69 Å². The lowest BCUT2D eigenvalue weighted by molar-refractivity contribution is 0.605. The van der Waals surface area contributed by atoms with Gasteiger partial charge in [0.25, 0.3) is 5.56 Å². The Morgan fingerprint density at radius 1 is 1.18 bits per heavy atom. The normalized spacial score (nSPS) is 11.0. The smallest absolute Gasteiger partial charge is 0.278 e. The number of aromatic nitrogens is 3. The molecule has 0 aromatic carbocycles. The highest BCUT2D eigenvalue weighted by Gasteiger charge is 2.11. The first-order valence-corrected chi connectivity index (χ1v) is 5.70. The quantitative estimate of drug-likeness (QED) is 0.774. The Labute approximate surface area is 98.3 Å². The van der Waals surface area contributed by atoms with Crippen molar-refractivity contribution in [3.05, 3.63) is 38.7 Å². The molecule has 0 fully saturated rings.